The summed E-state index contributed by atoms with van der Waals surface area (Å²) < 4.78 is 10.8. The Kier molecular flexibility index (Phi) is 5.97. The van der Waals surface area contributed by atoms with Gasteiger partial charge >= 0.3 is 6.09 Å². The van der Waals surface area contributed by atoms with Crippen LogP contribution in [0.4, 0.5) is 10.5 Å². The summed E-state index contributed by atoms with van der Waals surface area (Å²) in [6.07, 6.45) is 1.23. The van der Waals surface area contributed by atoms with Crippen LogP contribution < -0.4 is 10.5 Å². The van der Waals surface area contributed by atoms with Crippen LogP contribution in [0, 0.1) is 0 Å². The summed E-state index contributed by atoms with van der Waals surface area (Å²) in [5, 5.41) is 0.671. The van der Waals surface area contributed by atoms with Crippen LogP contribution >= 0.6 is 11.3 Å². The number of methoxy groups -OCH3 is 1. The van der Waals surface area contributed by atoms with Gasteiger partial charge in [-0.1, -0.05) is 6.07 Å². The van der Waals surface area contributed by atoms with Gasteiger partial charge in [0.15, 0.2) is 5.75 Å². The number of nitrogens with zero attached hydrogens (tertiary/aromatic N) is 3. The molecule has 0 saturated carbocycles. The number of amides is 2. The number of carbonyl (C=O) groups excluding carboxylic acids is 2. The number of hydrogen-bond acceptors (Lipinski definition) is 7. The Balaban J connectivity index is 1.66. The summed E-state index contributed by atoms with van der Waals surface area (Å²) in [6.45, 7) is 7.29. The van der Waals surface area contributed by atoms with Crippen molar-refractivity contribution in [1.29, 1.82) is 0 Å². The van der Waals surface area contributed by atoms with E-state index >= 15 is 0 Å². The van der Waals surface area contributed by atoms with Gasteiger partial charge < -0.3 is 25.0 Å². The van der Waals surface area contributed by atoms with Crippen molar-refractivity contribution < 1.29 is 19.1 Å². The van der Waals surface area contributed by atoms with Crippen molar-refractivity contribution in [2.24, 2.45) is 0 Å². The molecule has 0 radical (unpaired) electrons. The number of benzene rings is 1. The monoisotopic (exact) mass is 418 g/mol. The molecule has 1 saturated heterocycles. The van der Waals surface area contributed by atoms with E-state index in [1.807, 2.05) is 32.9 Å². The Labute approximate surface area is 174 Å². The molecular formula is C20H26N4O4S. The average Bonchev–Trinajstić information content (AvgIpc) is 3.16. The predicted octanol–water partition coefficient (Wildman–Crippen LogP) is 3.09. The molecule has 0 spiro atoms. The summed E-state index contributed by atoms with van der Waals surface area (Å²) in [5.41, 5.74) is 6.70. The normalized spacial score (nSPS) is 14.6. The number of para-hydroxylation sites is 1. The Hall–Kier alpha value is -2.81. The number of aromatic nitrogens is 1. The van der Waals surface area contributed by atoms with Gasteiger partial charge in [-0.2, -0.15) is 0 Å². The van der Waals surface area contributed by atoms with E-state index in [1.165, 1.54) is 11.3 Å². The minimum Gasteiger partial charge on any atom is -0.494 e. The van der Waals surface area contributed by atoms with E-state index < -0.39 is 5.60 Å². The van der Waals surface area contributed by atoms with Crippen LogP contribution in [-0.2, 0) is 4.74 Å². The van der Waals surface area contributed by atoms with Crippen molar-refractivity contribution in [3.63, 3.8) is 0 Å². The zero-order valence-corrected chi connectivity index (χ0v) is 17.9. The van der Waals surface area contributed by atoms with Crippen molar-refractivity contribution in [3.05, 3.63) is 29.3 Å². The molecule has 1 aromatic heterocycles. The molecule has 9 heteroatoms. The lowest BCUT2D eigenvalue weighted by atomic mass is 10.2. The number of ether oxygens (including phenoxy) is 2. The first-order chi connectivity index (χ1) is 13.7. The molecule has 0 bridgehead atoms. The summed E-state index contributed by atoms with van der Waals surface area (Å²) >= 11 is 1.30. The van der Waals surface area contributed by atoms with E-state index in [0.717, 1.165) is 5.56 Å². The minimum atomic E-state index is -0.537. The summed E-state index contributed by atoms with van der Waals surface area (Å²) in [4.78, 5) is 33.3. The van der Waals surface area contributed by atoms with Crippen molar-refractivity contribution in [3.8, 4) is 16.3 Å². The third kappa shape index (κ3) is 4.79. The third-order valence-corrected chi connectivity index (χ3v) is 5.43. The molecule has 1 aromatic carbocycles. The fourth-order valence-electron chi connectivity index (χ4n) is 3.02. The molecular weight excluding hydrogens is 392 g/mol. The molecule has 1 fully saturated rings. The second-order valence-corrected chi connectivity index (χ2v) is 8.75. The molecule has 1 aliphatic heterocycles. The van der Waals surface area contributed by atoms with Crippen molar-refractivity contribution in [2.75, 3.05) is 39.0 Å². The molecule has 2 heterocycles. The van der Waals surface area contributed by atoms with Crippen LogP contribution in [0.1, 0.15) is 30.4 Å². The van der Waals surface area contributed by atoms with E-state index in [2.05, 4.69) is 4.98 Å². The van der Waals surface area contributed by atoms with E-state index in [1.54, 1.807) is 29.2 Å². The number of hydrogen-bond donors (Lipinski definition) is 1. The zero-order chi connectivity index (χ0) is 21.2. The number of nitrogens with two attached hydrogens (primary N) is 1. The first-order valence-electron chi connectivity index (χ1n) is 9.35. The molecule has 0 unspecified atom stereocenters. The van der Waals surface area contributed by atoms with Crippen LogP contribution in [0.25, 0.3) is 10.6 Å². The fraction of sp³-hybridized carbons (Fsp3) is 0.450. The smallest absolute Gasteiger partial charge is 0.410 e. The highest BCUT2D eigenvalue weighted by Crippen LogP contribution is 2.37. The zero-order valence-electron chi connectivity index (χ0n) is 17.1. The Morgan fingerprint density at radius 3 is 2.41 bits per heavy atom. The standard InChI is InChI=1S/C20H26N4O4S/c1-20(2,3)28-19(26)24-10-8-23(9-11-24)18(25)15-12-22-17(29-15)13-6-5-7-14(21)16(13)27-4/h5-7,12H,8-11,21H2,1-4H3. The molecule has 2 aromatic rings. The number of piperazine rings is 1. The van der Waals surface area contributed by atoms with Crippen molar-refractivity contribution in [1.82, 2.24) is 14.8 Å². The highest BCUT2D eigenvalue weighted by atomic mass is 32.1. The van der Waals surface area contributed by atoms with Gasteiger partial charge in [-0.05, 0) is 32.9 Å². The highest BCUT2D eigenvalue weighted by Gasteiger charge is 2.29. The Morgan fingerprint density at radius 1 is 1.14 bits per heavy atom. The molecule has 29 heavy (non-hydrogen) atoms. The lowest BCUT2D eigenvalue weighted by Crippen LogP contribution is -2.51. The first kappa shape index (κ1) is 20.9. The fourth-order valence-corrected chi connectivity index (χ4v) is 3.93. The van der Waals surface area contributed by atoms with Gasteiger partial charge in [-0.3, -0.25) is 4.79 Å². The lowest BCUT2D eigenvalue weighted by molar-refractivity contribution is 0.0141. The second-order valence-electron chi connectivity index (χ2n) is 7.72. The van der Waals surface area contributed by atoms with Gasteiger partial charge in [0, 0.05) is 26.2 Å². The van der Waals surface area contributed by atoms with Crippen LogP contribution in [0.2, 0.25) is 0 Å². The largest absolute Gasteiger partial charge is 0.494 e. The average molecular weight is 419 g/mol. The van der Waals surface area contributed by atoms with Gasteiger partial charge in [-0.15, -0.1) is 11.3 Å². The molecule has 1 aliphatic rings. The van der Waals surface area contributed by atoms with E-state index in [-0.39, 0.29) is 12.0 Å². The maximum atomic E-state index is 12.9. The van der Waals surface area contributed by atoms with Gasteiger partial charge in [0.25, 0.3) is 5.91 Å². The quantitative estimate of drug-likeness (QED) is 0.769. The summed E-state index contributed by atoms with van der Waals surface area (Å²) in [5.74, 6) is 0.451. The molecule has 156 valence electrons. The first-order valence-corrected chi connectivity index (χ1v) is 10.2. The minimum absolute atomic E-state index is 0.0968. The SMILES string of the molecule is COc1c(N)cccc1-c1ncc(C(=O)N2CCN(C(=O)OC(C)(C)C)CC2)s1. The van der Waals surface area contributed by atoms with Crippen molar-refractivity contribution >= 4 is 29.0 Å². The number of anilines is 1. The maximum Gasteiger partial charge on any atom is 0.410 e. The van der Waals surface area contributed by atoms with Crippen LogP contribution in [-0.4, -0.2) is 65.7 Å². The number of nitrogen functional groups attached to an aromatic ring is 1. The topological polar surface area (TPSA) is 98.0 Å². The van der Waals surface area contributed by atoms with Gasteiger partial charge in [0.2, 0.25) is 0 Å². The molecule has 2 N–H and O–H groups in total. The molecule has 3 rings (SSSR count). The van der Waals surface area contributed by atoms with Gasteiger partial charge in [0.1, 0.15) is 15.5 Å². The predicted molar refractivity (Wildman–Crippen MR) is 112 cm³/mol. The van der Waals surface area contributed by atoms with Crippen LogP contribution in [0.15, 0.2) is 24.4 Å². The molecule has 2 amide bonds. The Morgan fingerprint density at radius 2 is 1.79 bits per heavy atom. The molecule has 8 nitrogen and oxygen atoms in total. The summed E-state index contributed by atoms with van der Waals surface area (Å²) in [7, 11) is 1.55. The van der Waals surface area contributed by atoms with E-state index in [9.17, 15) is 9.59 Å². The van der Waals surface area contributed by atoms with Crippen LogP contribution in [0.5, 0.6) is 5.75 Å². The Bertz CT molecular complexity index is 898. The van der Waals surface area contributed by atoms with Crippen LogP contribution in [0.3, 0.4) is 0 Å². The number of rotatable bonds is 3. The van der Waals surface area contributed by atoms with Gasteiger partial charge in [0.05, 0.1) is 24.6 Å². The summed E-state index contributed by atoms with van der Waals surface area (Å²) in [6, 6.07) is 5.44. The molecule has 0 atom stereocenters. The number of thiazole rings is 1. The lowest BCUT2D eigenvalue weighted by Gasteiger charge is -2.35. The van der Waals surface area contributed by atoms with Crippen molar-refractivity contribution in [2.45, 2.75) is 26.4 Å². The second kappa shape index (κ2) is 8.28. The molecule has 0 aliphatic carbocycles. The van der Waals surface area contributed by atoms with E-state index in [0.29, 0.717) is 47.5 Å². The maximum absolute atomic E-state index is 12.9. The highest BCUT2D eigenvalue weighted by molar-refractivity contribution is 7.16. The number of carbonyl (C=O) groups is 2. The third-order valence-electron chi connectivity index (χ3n) is 4.42. The van der Waals surface area contributed by atoms with E-state index in [4.69, 9.17) is 15.2 Å². The van der Waals surface area contributed by atoms with Gasteiger partial charge in [-0.25, -0.2) is 9.78 Å².